The van der Waals surface area contributed by atoms with Gasteiger partial charge in [-0.05, 0) is 27.7 Å². The highest BCUT2D eigenvalue weighted by Crippen LogP contribution is 2.15. The van der Waals surface area contributed by atoms with E-state index < -0.39 is 0 Å². The van der Waals surface area contributed by atoms with Crippen molar-refractivity contribution < 1.29 is 4.39 Å². The molecule has 0 radical (unpaired) electrons. The first-order valence-electron chi connectivity index (χ1n) is 3.64. The Balaban J connectivity index is 3.13. The van der Waals surface area contributed by atoms with Gasteiger partial charge in [0.25, 0.3) is 0 Å². The summed E-state index contributed by atoms with van der Waals surface area (Å²) in [6, 6.07) is 1.44. The van der Waals surface area contributed by atoms with E-state index in [4.69, 9.17) is 0 Å². The number of aryl methyl sites for hydroxylation is 1. The van der Waals surface area contributed by atoms with Crippen molar-refractivity contribution in [2.45, 2.75) is 33.2 Å². The second kappa shape index (κ2) is 2.32. The molecule has 0 aliphatic rings. The molecule has 0 aromatic carbocycles. The van der Waals surface area contributed by atoms with E-state index >= 15 is 0 Å². The van der Waals surface area contributed by atoms with Gasteiger partial charge in [-0.2, -0.15) is 9.49 Å². The lowest BCUT2D eigenvalue weighted by Crippen LogP contribution is -2.24. The maximum atomic E-state index is 13.0. The first-order chi connectivity index (χ1) is 4.91. The molecule has 0 aliphatic heterocycles. The van der Waals surface area contributed by atoms with Gasteiger partial charge in [0.2, 0.25) is 5.95 Å². The quantitative estimate of drug-likeness (QED) is 0.562. The molecule has 0 N–H and O–H groups in total. The van der Waals surface area contributed by atoms with Crippen LogP contribution in [0.2, 0.25) is 0 Å². The zero-order chi connectivity index (χ0) is 8.65. The Kier molecular flexibility index (Phi) is 1.74. The van der Waals surface area contributed by atoms with Crippen LogP contribution in [-0.2, 0) is 5.54 Å². The van der Waals surface area contributed by atoms with Gasteiger partial charge in [-0.1, -0.05) is 0 Å². The summed E-state index contributed by atoms with van der Waals surface area (Å²) in [6.45, 7) is 7.54. The average Bonchev–Trinajstić information content (AvgIpc) is 2.08. The molecule has 2 nitrogen and oxygen atoms in total. The number of halogens is 1. The molecule has 11 heavy (non-hydrogen) atoms. The van der Waals surface area contributed by atoms with Crippen molar-refractivity contribution in [3.63, 3.8) is 0 Å². The number of rotatable bonds is 0. The van der Waals surface area contributed by atoms with E-state index in [9.17, 15) is 4.39 Å². The van der Waals surface area contributed by atoms with Crippen LogP contribution >= 0.6 is 0 Å². The number of aromatic nitrogens is 2. The lowest BCUT2D eigenvalue weighted by Gasteiger charge is -2.19. The van der Waals surface area contributed by atoms with Crippen molar-refractivity contribution in [1.29, 1.82) is 0 Å². The highest BCUT2D eigenvalue weighted by atomic mass is 19.1. The van der Waals surface area contributed by atoms with Gasteiger partial charge in [-0.3, -0.25) is 0 Å². The Bertz CT molecular complexity index is 258. The topological polar surface area (TPSA) is 17.8 Å². The summed E-state index contributed by atoms with van der Waals surface area (Å²) >= 11 is 0. The van der Waals surface area contributed by atoms with Gasteiger partial charge in [0, 0.05) is 6.07 Å². The van der Waals surface area contributed by atoms with Gasteiger partial charge in [0.05, 0.1) is 11.2 Å². The van der Waals surface area contributed by atoms with E-state index in [-0.39, 0.29) is 11.5 Å². The normalized spacial score (nSPS) is 12.1. The van der Waals surface area contributed by atoms with Crippen molar-refractivity contribution >= 4 is 0 Å². The minimum atomic E-state index is -0.269. The Morgan fingerprint density at radius 2 is 2.00 bits per heavy atom. The molecule has 0 amide bonds. The average molecular weight is 156 g/mol. The van der Waals surface area contributed by atoms with Gasteiger partial charge >= 0.3 is 0 Å². The zero-order valence-corrected chi connectivity index (χ0v) is 7.35. The molecule has 0 atom stereocenters. The molecule has 1 aromatic heterocycles. The van der Waals surface area contributed by atoms with Gasteiger partial charge in [0.1, 0.15) is 0 Å². The van der Waals surface area contributed by atoms with Crippen LogP contribution in [0.3, 0.4) is 0 Å². The van der Waals surface area contributed by atoms with E-state index in [1.165, 1.54) is 10.7 Å². The van der Waals surface area contributed by atoms with Crippen LogP contribution in [-0.4, -0.2) is 9.78 Å². The van der Waals surface area contributed by atoms with E-state index in [0.717, 1.165) is 5.69 Å². The monoisotopic (exact) mass is 156 g/mol. The second-order valence-electron chi connectivity index (χ2n) is 3.69. The number of nitrogens with zero attached hydrogens (tertiary/aromatic N) is 2. The van der Waals surface area contributed by atoms with Gasteiger partial charge in [0.15, 0.2) is 0 Å². The number of hydrogen-bond donors (Lipinski definition) is 0. The predicted molar refractivity (Wildman–Crippen MR) is 41.9 cm³/mol. The maximum absolute atomic E-state index is 13.0. The number of hydrogen-bond acceptors (Lipinski definition) is 1. The molecule has 0 saturated heterocycles. The van der Waals surface area contributed by atoms with E-state index in [1.54, 1.807) is 6.92 Å². The van der Waals surface area contributed by atoms with Crippen LogP contribution in [0.25, 0.3) is 0 Å². The van der Waals surface area contributed by atoms with Crippen LogP contribution in [0.15, 0.2) is 6.07 Å². The minimum absolute atomic E-state index is 0.266. The standard InChI is InChI=1S/C8H13FN2/c1-6-5-7(9)11(10-6)8(2,3)4/h5H,1-4H3. The summed E-state index contributed by atoms with van der Waals surface area (Å²) in [7, 11) is 0. The Morgan fingerprint density at radius 3 is 2.18 bits per heavy atom. The van der Waals surface area contributed by atoms with E-state index in [1.807, 2.05) is 20.8 Å². The minimum Gasteiger partial charge on any atom is -0.234 e. The first kappa shape index (κ1) is 8.24. The molecule has 62 valence electrons. The van der Waals surface area contributed by atoms with Crippen molar-refractivity contribution in [1.82, 2.24) is 9.78 Å². The summed E-state index contributed by atoms with van der Waals surface area (Å²) in [4.78, 5) is 0. The van der Waals surface area contributed by atoms with Crippen molar-refractivity contribution in [3.05, 3.63) is 17.7 Å². The molecule has 0 unspecified atom stereocenters. The fourth-order valence-electron chi connectivity index (χ4n) is 0.938. The molecule has 1 rings (SSSR count). The molecule has 0 saturated carbocycles. The summed E-state index contributed by atoms with van der Waals surface area (Å²) in [5.41, 5.74) is 0.454. The summed E-state index contributed by atoms with van der Waals surface area (Å²) in [5, 5.41) is 4.02. The van der Waals surface area contributed by atoms with Crippen LogP contribution < -0.4 is 0 Å². The van der Waals surface area contributed by atoms with Gasteiger partial charge in [-0.15, -0.1) is 0 Å². The molecule has 1 aromatic rings. The largest absolute Gasteiger partial charge is 0.234 e. The summed E-state index contributed by atoms with van der Waals surface area (Å²) < 4.78 is 14.4. The molecular weight excluding hydrogens is 143 g/mol. The SMILES string of the molecule is Cc1cc(F)n(C(C)(C)C)n1. The molecule has 0 aliphatic carbocycles. The highest BCUT2D eigenvalue weighted by molar-refractivity contribution is 4.99. The zero-order valence-electron chi connectivity index (χ0n) is 7.35. The fourth-order valence-corrected chi connectivity index (χ4v) is 0.938. The lowest BCUT2D eigenvalue weighted by molar-refractivity contribution is 0.299. The Hall–Kier alpha value is -0.860. The smallest absolute Gasteiger partial charge is 0.212 e. The Morgan fingerprint density at radius 1 is 1.45 bits per heavy atom. The van der Waals surface area contributed by atoms with Crippen molar-refractivity contribution in [2.24, 2.45) is 0 Å². The highest BCUT2D eigenvalue weighted by Gasteiger charge is 2.17. The maximum Gasteiger partial charge on any atom is 0.212 e. The first-order valence-corrected chi connectivity index (χ1v) is 3.64. The molecule has 0 spiro atoms. The van der Waals surface area contributed by atoms with Crippen LogP contribution in [0.4, 0.5) is 4.39 Å². The second-order valence-corrected chi connectivity index (χ2v) is 3.69. The molecule has 3 heteroatoms. The van der Waals surface area contributed by atoms with Crippen LogP contribution in [0, 0.1) is 12.9 Å². The third kappa shape index (κ3) is 1.59. The summed E-state index contributed by atoms with van der Waals surface area (Å²) in [6.07, 6.45) is 0. The Labute approximate surface area is 66.0 Å². The van der Waals surface area contributed by atoms with Gasteiger partial charge < -0.3 is 0 Å². The molecule has 1 heterocycles. The molecular formula is C8H13FN2. The van der Waals surface area contributed by atoms with Crippen molar-refractivity contribution in [2.75, 3.05) is 0 Å². The third-order valence-electron chi connectivity index (χ3n) is 1.42. The van der Waals surface area contributed by atoms with Crippen molar-refractivity contribution in [3.8, 4) is 0 Å². The fraction of sp³-hybridized carbons (Fsp3) is 0.625. The van der Waals surface area contributed by atoms with E-state index in [0.29, 0.717) is 0 Å². The summed E-state index contributed by atoms with van der Waals surface area (Å²) in [5.74, 6) is -0.269. The van der Waals surface area contributed by atoms with Gasteiger partial charge in [-0.25, -0.2) is 4.68 Å². The predicted octanol–water partition coefficient (Wildman–Crippen LogP) is 2.09. The van der Waals surface area contributed by atoms with E-state index in [2.05, 4.69) is 5.10 Å². The lowest BCUT2D eigenvalue weighted by atomic mass is 10.1. The molecule has 0 fully saturated rings. The third-order valence-corrected chi connectivity index (χ3v) is 1.42. The van der Waals surface area contributed by atoms with Crippen LogP contribution in [0.1, 0.15) is 26.5 Å². The van der Waals surface area contributed by atoms with Crippen LogP contribution in [0.5, 0.6) is 0 Å². The molecule has 0 bridgehead atoms.